The minimum Gasteiger partial charge on any atom is -0.496 e. The number of hydrogen-bond acceptors (Lipinski definition) is 3. The van der Waals surface area contributed by atoms with Crippen molar-refractivity contribution in [3.63, 3.8) is 0 Å². The summed E-state index contributed by atoms with van der Waals surface area (Å²) in [5.41, 5.74) is 7.65. The molecule has 0 saturated carbocycles. The Labute approximate surface area is 82.5 Å². The van der Waals surface area contributed by atoms with E-state index in [0.717, 1.165) is 22.2 Å². The van der Waals surface area contributed by atoms with Gasteiger partial charge in [-0.15, -0.1) is 0 Å². The van der Waals surface area contributed by atoms with Crippen LogP contribution in [0.3, 0.4) is 0 Å². The van der Waals surface area contributed by atoms with Crippen LogP contribution in [0.25, 0.3) is 10.9 Å². The van der Waals surface area contributed by atoms with E-state index in [2.05, 4.69) is 4.98 Å². The van der Waals surface area contributed by atoms with Gasteiger partial charge in [0.25, 0.3) is 0 Å². The maximum absolute atomic E-state index is 5.68. The fourth-order valence-electron chi connectivity index (χ4n) is 1.60. The summed E-state index contributed by atoms with van der Waals surface area (Å²) in [6.07, 6.45) is 1.77. The normalized spacial score (nSPS) is 10.4. The maximum atomic E-state index is 5.68. The average Bonchev–Trinajstić information content (AvgIpc) is 2.27. The largest absolute Gasteiger partial charge is 0.496 e. The highest BCUT2D eigenvalue weighted by Gasteiger charge is 2.05. The maximum Gasteiger partial charge on any atom is 0.124 e. The van der Waals surface area contributed by atoms with Crippen LogP contribution >= 0.6 is 0 Å². The summed E-state index contributed by atoms with van der Waals surface area (Å²) in [7, 11) is 1.65. The van der Waals surface area contributed by atoms with Crippen LogP contribution in [0.5, 0.6) is 5.75 Å². The van der Waals surface area contributed by atoms with E-state index in [9.17, 15) is 0 Å². The van der Waals surface area contributed by atoms with E-state index < -0.39 is 0 Å². The van der Waals surface area contributed by atoms with Crippen molar-refractivity contribution in [2.75, 3.05) is 7.11 Å². The van der Waals surface area contributed by atoms with E-state index in [1.54, 1.807) is 13.3 Å². The minimum absolute atomic E-state index is 0.464. The molecule has 2 N–H and O–H groups in total. The molecule has 14 heavy (non-hydrogen) atoms. The standard InChI is InChI=1S/C11H12N2O/c1-14-11-5-4-10-8(9(11)7-12)3-2-6-13-10/h2-6H,7,12H2,1H3. The molecule has 1 aromatic carbocycles. The second-order valence-electron chi connectivity index (χ2n) is 3.02. The summed E-state index contributed by atoms with van der Waals surface area (Å²) in [5, 5.41) is 1.06. The Bertz CT molecular complexity index is 454. The molecule has 0 aliphatic heterocycles. The van der Waals surface area contributed by atoms with Crippen molar-refractivity contribution in [3.8, 4) is 5.75 Å². The Hall–Kier alpha value is -1.61. The quantitative estimate of drug-likeness (QED) is 0.780. The van der Waals surface area contributed by atoms with Gasteiger partial charge in [0.05, 0.1) is 12.6 Å². The van der Waals surface area contributed by atoms with Gasteiger partial charge in [-0.05, 0) is 18.2 Å². The Morgan fingerprint density at radius 2 is 2.21 bits per heavy atom. The van der Waals surface area contributed by atoms with Crippen LogP contribution in [0.2, 0.25) is 0 Å². The molecule has 3 heteroatoms. The van der Waals surface area contributed by atoms with Gasteiger partial charge in [-0.3, -0.25) is 4.98 Å². The second kappa shape index (κ2) is 3.64. The lowest BCUT2D eigenvalue weighted by molar-refractivity contribution is 0.410. The fraction of sp³-hybridized carbons (Fsp3) is 0.182. The molecule has 3 nitrogen and oxygen atoms in total. The van der Waals surface area contributed by atoms with Crippen LogP contribution in [0.1, 0.15) is 5.56 Å². The van der Waals surface area contributed by atoms with Gasteiger partial charge in [0.15, 0.2) is 0 Å². The predicted molar refractivity (Wildman–Crippen MR) is 56.2 cm³/mol. The first-order valence-electron chi connectivity index (χ1n) is 4.47. The second-order valence-corrected chi connectivity index (χ2v) is 3.02. The molecule has 0 aliphatic rings. The van der Waals surface area contributed by atoms with Crippen molar-refractivity contribution in [3.05, 3.63) is 36.0 Å². The van der Waals surface area contributed by atoms with Gasteiger partial charge in [-0.25, -0.2) is 0 Å². The summed E-state index contributed by atoms with van der Waals surface area (Å²) in [4.78, 5) is 4.25. The van der Waals surface area contributed by atoms with Crippen LogP contribution in [0.4, 0.5) is 0 Å². The van der Waals surface area contributed by atoms with E-state index in [1.165, 1.54) is 0 Å². The summed E-state index contributed by atoms with van der Waals surface area (Å²) < 4.78 is 5.24. The predicted octanol–water partition coefficient (Wildman–Crippen LogP) is 1.70. The Kier molecular flexibility index (Phi) is 2.33. The van der Waals surface area contributed by atoms with Crippen LogP contribution in [-0.4, -0.2) is 12.1 Å². The summed E-state index contributed by atoms with van der Waals surface area (Å²) >= 11 is 0. The Balaban J connectivity index is 2.77. The van der Waals surface area contributed by atoms with Gasteiger partial charge in [-0.2, -0.15) is 0 Å². The summed E-state index contributed by atoms with van der Waals surface area (Å²) in [5.74, 6) is 0.827. The summed E-state index contributed by atoms with van der Waals surface area (Å²) in [6.45, 7) is 0.464. The lowest BCUT2D eigenvalue weighted by Gasteiger charge is -2.09. The fourth-order valence-corrected chi connectivity index (χ4v) is 1.60. The van der Waals surface area contributed by atoms with E-state index in [0.29, 0.717) is 6.54 Å². The number of hydrogen-bond donors (Lipinski definition) is 1. The zero-order valence-corrected chi connectivity index (χ0v) is 8.03. The molecule has 0 spiro atoms. The Morgan fingerprint density at radius 3 is 2.93 bits per heavy atom. The van der Waals surface area contributed by atoms with Gasteiger partial charge < -0.3 is 10.5 Å². The summed E-state index contributed by atoms with van der Waals surface area (Å²) in [6, 6.07) is 7.75. The van der Waals surface area contributed by atoms with Gasteiger partial charge in [0, 0.05) is 23.7 Å². The topological polar surface area (TPSA) is 48.1 Å². The number of fused-ring (bicyclic) bond motifs is 1. The monoisotopic (exact) mass is 188 g/mol. The molecular formula is C11H12N2O. The number of nitrogens with zero attached hydrogens (tertiary/aromatic N) is 1. The molecule has 1 aromatic heterocycles. The van der Waals surface area contributed by atoms with E-state index in [1.807, 2.05) is 24.3 Å². The van der Waals surface area contributed by atoms with Crippen molar-refractivity contribution in [1.82, 2.24) is 4.98 Å². The van der Waals surface area contributed by atoms with Crippen molar-refractivity contribution < 1.29 is 4.74 Å². The highest BCUT2D eigenvalue weighted by molar-refractivity contribution is 5.84. The van der Waals surface area contributed by atoms with Crippen molar-refractivity contribution in [2.24, 2.45) is 5.73 Å². The number of pyridine rings is 1. The van der Waals surface area contributed by atoms with Crippen molar-refractivity contribution in [1.29, 1.82) is 0 Å². The highest BCUT2D eigenvalue weighted by atomic mass is 16.5. The molecule has 0 fully saturated rings. The number of benzene rings is 1. The van der Waals surface area contributed by atoms with Gasteiger partial charge in [-0.1, -0.05) is 6.07 Å². The Morgan fingerprint density at radius 1 is 1.36 bits per heavy atom. The molecule has 0 unspecified atom stereocenters. The minimum atomic E-state index is 0.464. The molecule has 0 aliphatic carbocycles. The number of ether oxygens (including phenoxy) is 1. The van der Waals surface area contributed by atoms with Crippen molar-refractivity contribution in [2.45, 2.75) is 6.54 Å². The molecule has 0 saturated heterocycles. The third kappa shape index (κ3) is 1.32. The molecule has 2 aromatic rings. The average molecular weight is 188 g/mol. The number of aromatic nitrogens is 1. The molecule has 72 valence electrons. The van der Waals surface area contributed by atoms with Crippen LogP contribution in [0.15, 0.2) is 30.5 Å². The number of rotatable bonds is 2. The van der Waals surface area contributed by atoms with Gasteiger partial charge in [0.2, 0.25) is 0 Å². The first-order valence-corrected chi connectivity index (χ1v) is 4.47. The zero-order valence-electron chi connectivity index (χ0n) is 8.03. The molecular weight excluding hydrogens is 176 g/mol. The lowest BCUT2D eigenvalue weighted by atomic mass is 10.1. The first-order chi connectivity index (χ1) is 6.86. The van der Waals surface area contributed by atoms with Crippen molar-refractivity contribution >= 4 is 10.9 Å². The third-order valence-electron chi connectivity index (χ3n) is 2.28. The smallest absolute Gasteiger partial charge is 0.124 e. The van der Waals surface area contributed by atoms with E-state index in [4.69, 9.17) is 10.5 Å². The number of methoxy groups -OCH3 is 1. The molecule has 0 bridgehead atoms. The highest BCUT2D eigenvalue weighted by Crippen LogP contribution is 2.25. The van der Waals surface area contributed by atoms with Crippen LogP contribution in [-0.2, 0) is 6.54 Å². The third-order valence-corrected chi connectivity index (χ3v) is 2.28. The molecule has 0 atom stereocenters. The molecule has 1 heterocycles. The zero-order chi connectivity index (χ0) is 9.97. The van der Waals surface area contributed by atoms with E-state index in [-0.39, 0.29) is 0 Å². The molecule has 0 amide bonds. The van der Waals surface area contributed by atoms with Crippen LogP contribution in [0, 0.1) is 0 Å². The number of nitrogens with two attached hydrogens (primary N) is 1. The van der Waals surface area contributed by atoms with Gasteiger partial charge >= 0.3 is 0 Å². The first kappa shape index (κ1) is 8.97. The van der Waals surface area contributed by atoms with Gasteiger partial charge in [0.1, 0.15) is 5.75 Å². The molecule has 2 rings (SSSR count). The SMILES string of the molecule is COc1ccc2ncccc2c1CN. The molecule has 0 radical (unpaired) electrons. The van der Waals surface area contributed by atoms with Crippen LogP contribution < -0.4 is 10.5 Å². The lowest BCUT2D eigenvalue weighted by Crippen LogP contribution is -2.01. The van der Waals surface area contributed by atoms with E-state index >= 15 is 0 Å².